The van der Waals surface area contributed by atoms with Crippen LogP contribution in [0, 0.1) is 11.3 Å². The third-order valence-electron chi connectivity index (χ3n) is 5.20. The van der Waals surface area contributed by atoms with E-state index in [4.69, 9.17) is 0 Å². The summed E-state index contributed by atoms with van der Waals surface area (Å²) in [5.41, 5.74) is 1.26. The van der Waals surface area contributed by atoms with Gasteiger partial charge in [0.1, 0.15) is 0 Å². The molecule has 2 aliphatic carbocycles. The summed E-state index contributed by atoms with van der Waals surface area (Å²) < 4.78 is 0. The van der Waals surface area contributed by atoms with E-state index in [0.717, 1.165) is 25.7 Å². The molecule has 19 heavy (non-hydrogen) atoms. The lowest BCUT2D eigenvalue weighted by molar-refractivity contribution is -0.143. The van der Waals surface area contributed by atoms with E-state index in [0.29, 0.717) is 6.42 Å². The molecule has 2 amide bonds. The quantitative estimate of drug-likeness (QED) is 0.582. The van der Waals surface area contributed by atoms with Gasteiger partial charge in [0.15, 0.2) is 0 Å². The zero-order chi connectivity index (χ0) is 13.3. The smallest absolute Gasteiger partial charge is 0.234 e. The van der Waals surface area contributed by atoms with Crippen molar-refractivity contribution < 1.29 is 9.59 Å². The monoisotopic (exact) mass is 261 g/mol. The number of allylic oxidation sites excluding steroid dienone is 1. The van der Waals surface area contributed by atoms with Crippen molar-refractivity contribution in [2.45, 2.75) is 64.2 Å². The van der Waals surface area contributed by atoms with Crippen LogP contribution in [0.1, 0.15) is 64.2 Å². The molecular formula is C16H23NO2. The van der Waals surface area contributed by atoms with Gasteiger partial charge in [-0.1, -0.05) is 30.9 Å². The maximum atomic E-state index is 12.4. The molecule has 3 nitrogen and oxygen atoms in total. The van der Waals surface area contributed by atoms with Crippen LogP contribution in [0.2, 0.25) is 0 Å². The van der Waals surface area contributed by atoms with Gasteiger partial charge < -0.3 is 0 Å². The molecule has 1 atom stereocenters. The fraction of sp³-hybridized carbons (Fsp3) is 0.750. The number of hydrogen-bond acceptors (Lipinski definition) is 2. The lowest BCUT2D eigenvalue weighted by atomic mass is 9.59. The molecule has 1 aliphatic heterocycles. The Labute approximate surface area is 114 Å². The van der Waals surface area contributed by atoms with E-state index in [2.05, 4.69) is 11.4 Å². The number of amides is 2. The Morgan fingerprint density at radius 2 is 1.84 bits per heavy atom. The Kier molecular flexibility index (Phi) is 3.46. The maximum absolute atomic E-state index is 12.4. The van der Waals surface area contributed by atoms with Crippen LogP contribution in [-0.2, 0) is 9.59 Å². The number of carbonyl (C=O) groups excluding carboxylic acids is 2. The number of hydrogen-bond donors (Lipinski definition) is 1. The van der Waals surface area contributed by atoms with E-state index in [1.807, 2.05) is 0 Å². The Bertz CT molecular complexity index is 418. The zero-order valence-corrected chi connectivity index (χ0v) is 11.5. The Morgan fingerprint density at radius 3 is 2.53 bits per heavy atom. The Hall–Kier alpha value is -1.12. The van der Waals surface area contributed by atoms with E-state index in [9.17, 15) is 9.59 Å². The number of piperidine rings is 1. The van der Waals surface area contributed by atoms with Crippen LogP contribution in [0.3, 0.4) is 0 Å². The van der Waals surface area contributed by atoms with Gasteiger partial charge in [0.25, 0.3) is 0 Å². The molecule has 0 aromatic rings. The zero-order valence-electron chi connectivity index (χ0n) is 11.5. The molecule has 1 saturated heterocycles. The molecule has 0 aromatic heterocycles. The molecule has 3 heteroatoms. The van der Waals surface area contributed by atoms with Crippen molar-refractivity contribution in [3.63, 3.8) is 0 Å². The lowest BCUT2D eigenvalue weighted by Gasteiger charge is -2.46. The molecule has 1 spiro atoms. The SMILES string of the molecule is O=C1CC2(CCCCC2)C(C2=CCCCC2)C(=O)N1. The van der Waals surface area contributed by atoms with Crippen molar-refractivity contribution in [1.29, 1.82) is 0 Å². The lowest BCUT2D eigenvalue weighted by Crippen LogP contribution is -2.53. The molecule has 2 fully saturated rings. The van der Waals surface area contributed by atoms with Crippen molar-refractivity contribution in [3.05, 3.63) is 11.6 Å². The molecule has 1 unspecified atom stereocenters. The van der Waals surface area contributed by atoms with Crippen LogP contribution in [0.4, 0.5) is 0 Å². The third-order valence-corrected chi connectivity index (χ3v) is 5.20. The minimum Gasteiger partial charge on any atom is -0.296 e. The summed E-state index contributed by atoms with van der Waals surface area (Å²) in [4.78, 5) is 24.2. The summed E-state index contributed by atoms with van der Waals surface area (Å²) in [6, 6.07) is 0. The van der Waals surface area contributed by atoms with Crippen LogP contribution in [0.25, 0.3) is 0 Å². The molecule has 104 valence electrons. The van der Waals surface area contributed by atoms with Gasteiger partial charge in [-0.3, -0.25) is 14.9 Å². The molecular weight excluding hydrogens is 238 g/mol. The Balaban J connectivity index is 1.93. The van der Waals surface area contributed by atoms with Gasteiger partial charge in [-0.2, -0.15) is 0 Å². The number of imide groups is 1. The number of rotatable bonds is 1. The van der Waals surface area contributed by atoms with Crippen LogP contribution < -0.4 is 5.32 Å². The molecule has 1 heterocycles. The van der Waals surface area contributed by atoms with Crippen LogP contribution in [-0.4, -0.2) is 11.8 Å². The van der Waals surface area contributed by atoms with Gasteiger partial charge in [-0.05, 0) is 43.9 Å². The van der Waals surface area contributed by atoms with Crippen molar-refractivity contribution >= 4 is 11.8 Å². The van der Waals surface area contributed by atoms with Gasteiger partial charge >= 0.3 is 0 Å². The standard InChI is InChI=1S/C16H23NO2/c18-13-11-16(9-5-2-6-10-16)14(15(19)17-13)12-7-3-1-4-8-12/h7,14H,1-6,8-11H2,(H,17,18,19). The number of carbonyl (C=O) groups is 2. The molecule has 3 rings (SSSR count). The van der Waals surface area contributed by atoms with Gasteiger partial charge in [0.05, 0.1) is 5.92 Å². The molecule has 0 aromatic carbocycles. The highest BCUT2D eigenvalue weighted by Crippen LogP contribution is 2.51. The minimum absolute atomic E-state index is 0.0219. The molecule has 0 radical (unpaired) electrons. The average Bonchev–Trinajstić information content (AvgIpc) is 2.39. The van der Waals surface area contributed by atoms with Crippen molar-refractivity contribution in [2.24, 2.45) is 11.3 Å². The largest absolute Gasteiger partial charge is 0.296 e. The Morgan fingerprint density at radius 1 is 1.05 bits per heavy atom. The summed E-state index contributed by atoms with van der Waals surface area (Å²) >= 11 is 0. The summed E-state index contributed by atoms with van der Waals surface area (Å²) in [6.45, 7) is 0. The summed E-state index contributed by atoms with van der Waals surface area (Å²) in [5.74, 6) is -0.100. The summed E-state index contributed by atoms with van der Waals surface area (Å²) in [5, 5.41) is 2.58. The van der Waals surface area contributed by atoms with E-state index in [1.165, 1.54) is 37.7 Å². The second kappa shape index (κ2) is 5.10. The highest BCUT2D eigenvalue weighted by atomic mass is 16.2. The highest BCUT2D eigenvalue weighted by molar-refractivity contribution is 6.01. The predicted molar refractivity (Wildman–Crippen MR) is 73.3 cm³/mol. The molecule has 1 saturated carbocycles. The first-order chi connectivity index (χ1) is 9.21. The van der Waals surface area contributed by atoms with E-state index in [1.54, 1.807) is 0 Å². The second-order valence-corrected chi connectivity index (χ2v) is 6.47. The van der Waals surface area contributed by atoms with Crippen LogP contribution in [0.5, 0.6) is 0 Å². The second-order valence-electron chi connectivity index (χ2n) is 6.47. The molecule has 3 aliphatic rings. The number of nitrogens with one attached hydrogen (secondary N) is 1. The van der Waals surface area contributed by atoms with Crippen LogP contribution in [0.15, 0.2) is 11.6 Å². The first-order valence-corrected chi connectivity index (χ1v) is 7.74. The van der Waals surface area contributed by atoms with Crippen molar-refractivity contribution in [2.75, 3.05) is 0 Å². The first kappa shape index (κ1) is 12.9. The van der Waals surface area contributed by atoms with E-state index < -0.39 is 0 Å². The van der Waals surface area contributed by atoms with Crippen molar-refractivity contribution in [3.8, 4) is 0 Å². The van der Waals surface area contributed by atoms with E-state index in [-0.39, 0.29) is 23.1 Å². The van der Waals surface area contributed by atoms with Gasteiger partial charge in [-0.25, -0.2) is 0 Å². The fourth-order valence-electron chi connectivity index (χ4n) is 4.36. The minimum atomic E-state index is -0.0560. The van der Waals surface area contributed by atoms with Gasteiger partial charge in [-0.15, -0.1) is 0 Å². The normalized spacial score (nSPS) is 30.9. The third kappa shape index (κ3) is 2.35. The average molecular weight is 261 g/mol. The van der Waals surface area contributed by atoms with Gasteiger partial charge in [0.2, 0.25) is 11.8 Å². The van der Waals surface area contributed by atoms with E-state index >= 15 is 0 Å². The fourth-order valence-corrected chi connectivity index (χ4v) is 4.36. The van der Waals surface area contributed by atoms with Gasteiger partial charge in [0, 0.05) is 6.42 Å². The maximum Gasteiger partial charge on any atom is 0.234 e. The summed E-state index contributed by atoms with van der Waals surface area (Å²) in [6.07, 6.45) is 13.1. The topological polar surface area (TPSA) is 46.2 Å². The van der Waals surface area contributed by atoms with Crippen molar-refractivity contribution in [1.82, 2.24) is 5.32 Å². The molecule has 1 N–H and O–H groups in total. The summed E-state index contributed by atoms with van der Waals surface area (Å²) in [7, 11) is 0. The first-order valence-electron chi connectivity index (χ1n) is 7.74. The highest BCUT2D eigenvalue weighted by Gasteiger charge is 2.49. The molecule has 0 bridgehead atoms. The van der Waals surface area contributed by atoms with Crippen LogP contribution >= 0.6 is 0 Å². The predicted octanol–water partition coefficient (Wildman–Crippen LogP) is 3.10.